The van der Waals surface area contributed by atoms with Crippen LogP contribution in [0.25, 0.3) is 0 Å². The monoisotopic (exact) mass is 583 g/mol. The Bertz CT molecular complexity index is 1530. The molecule has 1 unspecified atom stereocenters. The molecule has 0 radical (unpaired) electrons. The highest BCUT2D eigenvalue weighted by atomic mass is 31.2. The Morgan fingerprint density at radius 1 is 1.07 bits per heavy atom. The Hall–Kier alpha value is -3.76. The van der Waals surface area contributed by atoms with E-state index in [2.05, 4.69) is 10.1 Å². The van der Waals surface area contributed by atoms with Crippen LogP contribution in [0.4, 0.5) is 0 Å². The summed E-state index contributed by atoms with van der Waals surface area (Å²) in [6.45, 7) is 6.59. The van der Waals surface area contributed by atoms with Gasteiger partial charge in [0.1, 0.15) is 23.5 Å². The first-order valence-electron chi connectivity index (χ1n) is 13.1. The maximum absolute atomic E-state index is 14.2. The maximum Gasteiger partial charge on any atom is 0.459 e. The van der Waals surface area contributed by atoms with Gasteiger partial charge in [0.2, 0.25) is 0 Å². The maximum atomic E-state index is 14.2. The van der Waals surface area contributed by atoms with E-state index in [4.69, 9.17) is 18.5 Å². The number of aromatic nitrogens is 2. The number of ether oxygens (including phenoxy) is 2. The molecule has 1 aliphatic rings. The normalized spacial score (nSPS) is 18.9. The number of aromatic amines is 1. The molecule has 1 aliphatic heterocycles. The van der Waals surface area contributed by atoms with Crippen LogP contribution in [0.3, 0.4) is 0 Å². The molecule has 0 spiro atoms. The fourth-order valence-corrected chi connectivity index (χ4v) is 5.49. The highest BCUT2D eigenvalue weighted by Crippen LogP contribution is 2.46. The number of hydrogen-bond donors (Lipinski definition) is 2. The number of benzene rings is 2. The molecule has 0 bridgehead atoms. The second-order valence-electron chi connectivity index (χ2n) is 10.5. The molecule has 0 saturated heterocycles. The van der Waals surface area contributed by atoms with Gasteiger partial charge in [0.25, 0.3) is 5.56 Å². The smallest absolute Gasteiger partial charge is 0.459 e. The van der Waals surface area contributed by atoms with Gasteiger partial charge in [0.05, 0.1) is 6.61 Å². The summed E-state index contributed by atoms with van der Waals surface area (Å²) < 4.78 is 38.5. The van der Waals surface area contributed by atoms with Crippen LogP contribution in [0.2, 0.25) is 0 Å². The summed E-state index contributed by atoms with van der Waals surface area (Å²) in [6.07, 6.45) is 3.34. The number of para-hydroxylation sites is 1. The molecular weight excluding hydrogens is 549 g/mol. The van der Waals surface area contributed by atoms with E-state index >= 15 is 0 Å². The van der Waals surface area contributed by atoms with Crippen LogP contribution in [-0.4, -0.2) is 39.9 Å². The summed E-state index contributed by atoms with van der Waals surface area (Å²) in [5, 5.41) is 2.80. The summed E-state index contributed by atoms with van der Waals surface area (Å²) in [4.78, 5) is 39.5. The van der Waals surface area contributed by atoms with Crippen molar-refractivity contribution in [1.29, 1.82) is 0 Å². The van der Waals surface area contributed by atoms with Crippen LogP contribution in [-0.2, 0) is 29.8 Å². The second kappa shape index (κ2) is 12.8. The number of nitrogens with zero attached hydrogens (tertiary/aromatic N) is 1. The van der Waals surface area contributed by atoms with E-state index in [1.165, 1.54) is 10.8 Å². The SMILES string of the molecule is Cc1cn([C@H]2C=C[C@@H](COP(=O)(N[C@@H](Cc3ccccc3)C(=O)OC(C)(C)C)Oc3ccccc3)O2)c(=O)[nH]c1=O. The van der Waals surface area contributed by atoms with Crippen molar-refractivity contribution in [2.24, 2.45) is 0 Å². The lowest BCUT2D eigenvalue weighted by Crippen LogP contribution is -2.42. The molecule has 0 aliphatic carbocycles. The number of nitrogens with one attached hydrogen (secondary N) is 2. The lowest BCUT2D eigenvalue weighted by Gasteiger charge is -2.28. The van der Waals surface area contributed by atoms with Crippen molar-refractivity contribution in [2.75, 3.05) is 6.61 Å². The minimum atomic E-state index is -4.20. The standard InChI is InChI=1S/C29H34N3O8P/c1-20-18-32(28(35)30-26(20)33)25-16-15-23(38-25)19-37-41(36,40-22-13-9-6-10-14-22)31-24(27(34)39-29(2,3)4)17-21-11-7-5-8-12-21/h5-16,18,23-25H,17,19H2,1-4H3,(H,31,36)(H,30,33,35)/t23-,24-,25+,41?/m0/s1. The molecule has 0 saturated carbocycles. The average molecular weight is 584 g/mol. The number of esters is 1. The Labute approximate surface area is 237 Å². The van der Waals surface area contributed by atoms with Gasteiger partial charge in [0, 0.05) is 11.8 Å². The predicted molar refractivity (Wildman–Crippen MR) is 153 cm³/mol. The zero-order valence-electron chi connectivity index (χ0n) is 23.3. The van der Waals surface area contributed by atoms with E-state index < -0.39 is 48.9 Å². The minimum absolute atomic E-state index is 0.164. The van der Waals surface area contributed by atoms with E-state index in [0.29, 0.717) is 5.56 Å². The first kappa shape index (κ1) is 30.2. The van der Waals surface area contributed by atoms with Gasteiger partial charge in [0.15, 0.2) is 6.23 Å². The van der Waals surface area contributed by atoms with Gasteiger partial charge in [-0.2, -0.15) is 5.09 Å². The Morgan fingerprint density at radius 3 is 2.39 bits per heavy atom. The molecule has 4 rings (SSSR count). The summed E-state index contributed by atoms with van der Waals surface area (Å²) in [5.41, 5.74) is -0.730. The third kappa shape index (κ3) is 8.61. The third-order valence-electron chi connectivity index (χ3n) is 5.89. The molecule has 12 heteroatoms. The minimum Gasteiger partial charge on any atom is -0.459 e. The number of hydrogen-bond acceptors (Lipinski definition) is 8. The van der Waals surface area contributed by atoms with Crippen LogP contribution >= 0.6 is 7.75 Å². The summed E-state index contributed by atoms with van der Waals surface area (Å²) in [7, 11) is -4.20. The first-order chi connectivity index (χ1) is 19.4. The fourth-order valence-electron chi connectivity index (χ4n) is 3.99. The first-order valence-corrected chi connectivity index (χ1v) is 14.6. The van der Waals surface area contributed by atoms with Crippen LogP contribution in [0.1, 0.15) is 38.1 Å². The van der Waals surface area contributed by atoms with Gasteiger partial charge in [-0.1, -0.05) is 54.6 Å². The van der Waals surface area contributed by atoms with Crippen LogP contribution in [0.5, 0.6) is 5.75 Å². The van der Waals surface area contributed by atoms with E-state index in [9.17, 15) is 18.9 Å². The molecule has 218 valence electrons. The molecule has 0 amide bonds. The molecule has 41 heavy (non-hydrogen) atoms. The van der Waals surface area contributed by atoms with Gasteiger partial charge in [-0.3, -0.25) is 23.7 Å². The lowest BCUT2D eigenvalue weighted by atomic mass is 10.1. The van der Waals surface area contributed by atoms with Crippen molar-refractivity contribution in [3.8, 4) is 5.75 Å². The molecule has 11 nitrogen and oxygen atoms in total. The van der Waals surface area contributed by atoms with Gasteiger partial charge in [-0.15, -0.1) is 0 Å². The molecule has 3 aromatic rings. The highest BCUT2D eigenvalue weighted by molar-refractivity contribution is 7.52. The van der Waals surface area contributed by atoms with Crippen molar-refractivity contribution < 1.29 is 27.9 Å². The van der Waals surface area contributed by atoms with Gasteiger partial charge in [-0.25, -0.2) is 9.36 Å². The van der Waals surface area contributed by atoms with Gasteiger partial charge in [-0.05, 0) is 57.9 Å². The Balaban J connectivity index is 1.54. The average Bonchev–Trinajstić information content (AvgIpc) is 3.38. The van der Waals surface area contributed by atoms with Gasteiger partial charge >= 0.3 is 19.4 Å². The Morgan fingerprint density at radius 2 is 1.73 bits per heavy atom. The second-order valence-corrected chi connectivity index (χ2v) is 12.2. The van der Waals surface area contributed by atoms with Crippen LogP contribution < -0.4 is 20.9 Å². The number of carbonyl (C=O) groups excluding carboxylic acids is 1. The van der Waals surface area contributed by atoms with Crippen molar-refractivity contribution >= 4 is 13.7 Å². The molecule has 0 fully saturated rings. The zero-order valence-corrected chi connectivity index (χ0v) is 24.2. The number of aryl methyl sites for hydroxylation is 1. The molecule has 1 aromatic heterocycles. The highest BCUT2D eigenvalue weighted by Gasteiger charge is 2.37. The number of H-pyrrole nitrogens is 1. The van der Waals surface area contributed by atoms with Crippen LogP contribution in [0.15, 0.2) is 88.6 Å². The van der Waals surface area contributed by atoms with Crippen LogP contribution in [0, 0.1) is 6.92 Å². The zero-order chi connectivity index (χ0) is 29.6. The number of rotatable bonds is 11. The predicted octanol–water partition coefficient (Wildman–Crippen LogP) is 4.04. The van der Waals surface area contributed by atoms with E-state index in [0.717, 1.165) is 5.56 Å². The third-order valence-corrected chi connectivity index (χ3v) is 7.46. The van der Waals surface area contributed by atoms with E-state index in [-0.39, 0.29) is 18.8 Å². The van der Waals surface area contributed by atoms with Crippen molar-refractivity contribution in [3.05, 3.63) is 111 Å². The van der Waals surface area contributed by atoms with E-state index in [1.54, 1.807) is 70.2 Å². The molecule has 2 aromatic carbocycles. The van der Waals surface area contributed by atoms with Crippen molar-refractivity contribution in [3.63, 3.8) is 0 Å². The molecule has 2 heterocycles. The summed E-state index contributed by atoms with van der Waals surface area (Å²) in [5.74, 6) is -0.353. The van der Waals surface area contributed by atoms with Crippen molar-refractivity contribution in [2.45, 2.75) is 58.1 Å². The Kier molecular flexibility index (Phi) is 9.45. The summed E-state index contributed by atoms with van der Waals surface area (Å²) >= 11 is 0. The van der Waals surface area contributed by atoms with Gasteiger partial charge < -0.3 is 14.0 Å². The quantitative estimate of drug-likeness (QED) is 0.195. The topological polar surface area (TPSA) is 138 Å². The van der Waals surface area contributed by atoms with Crippen molar-refractivity contribution in [1.82, 2.24) is 14.6 Å². The summed E-state index contributed by atoms with van der Waals surface area (Å²) in [6, 6.07) is 16.6. The molecule has 2 N–H and O–H groups in total. The largest absolute Gasteiger partial charge is 0.459 e. The molecular formula is C29H34N3O8P. The van der Waals surface area contributed by atoms with E-state index in [1.807, 2.05) is 30.3 Å². The molecule has 4 atom stereocenters. The lowest BCUT2D eigenvalue weighted by molar-refractivity contribution is -0.157. The fraction of sp³-hybridized carbons (Fsp3) is 0.345. The number of carbonyl (C=O) groups is 1.